The molecule has 0 aromatic carbocycles. The fourth-order valence-electron chi connectivity index (χ4n) is 1.23. The monoisotopic (exact) mass is 209 g/mol. The molecular formula is C10H21F2NO. The van der Waals surface area contributed by atoms with Gasteiger partial charge in [-0.2, -0.15) is 0 Å². The summed E-state index contributed by atoms with van der Waals surface area (Å²) in [6.45, 7) is 6.77. The van der Waals surface area contributed by atoms with Gasteiger partial charge in [-0.05, 0) is 27.3 Å². The van der Waals surface area contributed by atoms with E-state index in [0.29, 0.717) is 13.2 Å². The van der Waals surface area contributed by atoms with Crippen molar-refractivity contribution in [1.29, 1.82) is 0 Å². The van der Waals surface area contributed by atoms with Gasteiger partial charge in [0.15, 0.2) is 0 Å². The normalized spacial score (nSPS) is 16.3. The van der Waals surface area contributed by atoms with Crippen LogP contribution in [0, 0.1) is 0 Å². The SMILES string of the molecule is CCOCC(C)(CC)N(C)CC(F)F. The molecule has 14 heavy (non-hydrogen) atoms. The van der Waals surface area contributed by atoms with Crippen molar-refractivity contribution in [3.63, 3.8) is 0 Å². The molecule has 1 atom stereocenters. The molecule has 0 spiro atoms. The van der Waals surface area contributed by atoms with Crippen LogP contribution in [0.1, 0.15) is 27.2 Å². The highest BCUT2D eigenvalue weighted by molar-refractivity contribution is 4.83. The molecule has 0 rings (SSSR count). The molecule has 0 fully saturated rings. The molecule has 0 saturated carbocycles. The maximum absolute atomic E-state index is 12.2. The predicted octanol–water partition coefficient (Wildman–Crippen LogP) is 2.39. The van der Waals surface area contributed by atoms with Crippen molar-refractivity contribution in [2.45, 2.75) is 39.2 Å². The average molecular weight is 209 g/mol. The molecule has 0 saturated heterocycles. The van der Waals surface area contributed by atoms with Gasteiger partial charge in [-0.3, -0.25) is 4.90 Å². The van der Waals surface area contributed by atoms with Crippen LogP contribution in [0.25, 0.3) is 0 Å². The molecule has 0 aromatic rings. The van der Waals surface area contributed by atoms with Crippen molar-refractivity contribution in [2.75, 3.05) is 26.8 Å². The Hall–Kier alpha value is -0.220. The van der Waals surface area contributed by atoms with Crippen molar-refractivity contribution in [3.05, 3.63) is 0 Å². The highest BCUT2D eigenvalue weighted by atomic mass is 19.3. The van der Waals surface area contributed by atoms with Crippen LogP contribution in [-0.4, -0.2) is 43.7 Å². The Labute approximate surface area is 85.2 Å². The second-order valence-corrected chi connectivity index (χ2v) is 3.76. The number of likely N-dealkylation sites (N-methyl/N-ethyl adjacent to an activating group) is 1. The Kier molecular flexibility index (Phi) is 6.20. The molecular weight excluding hydrogens is 188 g/mol. The third-order valence-corrected chi connectivity index (χ3v) is 2.71. The number of hydrogen-bond acceptors (Lipinski definition) is 2. The van der Waals surface area contributed by atoms with Gasteiger partial charge >= 0.3 is 0 Å². The number of alkyl halides is 2. The maximum atomic E-state index is 12.2. The topological polar surface area (TPSA) is 12.5 Å². The molecule has 0 amide bonds. The summed E-state index contributed by atoms with van der Waals surface area (Å²) in [7, 11) is 1.72. The molecule has 0 aliphatic carbocycles. The summed E-state index contributed by atoms with van der Waals surface area (Å²) in [6.07, 6.45) is -1.48. The molecule has 0 aliphatic heterocycles. The first-order chi connectivity index (χ1) is 6.46. The van der Waals surface area contributed by atoms with E-state index in [0.717, 1.165) is 6.42 Å². The fourth-order valence-corrected chi connectivity index (χ4v) is 1.23. The van der Waals surface area contributed by atoms with Gasteiger partial charge in [0.25, 0.3) is 6.43 Å². The Bertz CT molecular complexity index is 155. The number of rotatable bonds is 7. The van der Waals surface area contributed by atoms with Gasteiger partial charge in [-0.1, -0.05) is 6.92 Å². The first kappa shape index (κ1) is 13.8. The van der Waals surface area contributed by atoms with Crippen molar-refractivity contribution in [3.8, 4) is 0 Å². The fraction of sp³-hybridized carbons (Fsp3) is 1.00. The Morgan fingerprint density at radius 1 is 1.36 bits per heavy atom. The van der Waals surface area contributed by atoms with Crippen LogP contribution in [0.3, 0.4) is 0 Å². The first-order valence-corrected chi connectivity index (χ1v) is 5.03. The molecule has 1 unspecified atom stereocenters. The lowest BCUT2D eigenvalue weighted by Gasteiger charge is -2.37. The quantitative estimate of drug-likeness (QED) is 0.638. The van der Waals surface area contributed by atoms with Gasteiger partial charge < -0.3 is 4.74 Å². The van der Waals surface area contributed by atoms with E-state index in [1.807, 2.05) is 20.8 Å². The van der Waals surface area contributed by atoms with Crippen LogP contribution >= 0.6 is 0 Å². The van der Waals surface area contributed by atoms with E-state index in [1.165, 1.54) is 0 Å². The summed E-state index contributed by atoms with van der Waals surface area (Å²) >= 11 is 0. The van der Waals surface area contributed by atoms with E-state index in [2.05, 4.69) is 0 Å². The second-order valence-electron chi connectivity index (χ2n) is 3.76. The summed E-state index contributed by atoms with van der Waals surface area (Å²) in [5.74, 6) is 0. The van der Waals surface area contributed by atoms with Crippen LogP contribution in [0.15, 0.2) is 0 Å². The molecule has 0 aliphatic rings. The number of hydrogen-bond donors (Lipinski definition) is 0. The standard InChI is InChI=1S/C10H21F2NO/c1-5-10(3,8-14-6-2)13(4)7-9(11)12/h9H,5-8H2,1-4H3. The smallest absolute Gasteiger partial charge is 0.251 e. The average Bonchev–Trinajstić information content (AvgIpc) is 2.13. The molecule has 0 radical (unpaired) electrons. The van der Waals surface area contributed by atoms with Gasteiger partial charge in [0.2, 0.25) is 0 Å². The van der Waals surface area contributed by atoms with Gasteiger partial charge in [0.05, 0.1) is 13.2 Å². The van der Waals surface area contributed by atoms with Crippen LogP contribution in [0.5, 0.6) is 0 Å². The van der Waals surface area contributed by atoms with Crippen molar-refractivity contribution in [2.24, 2.45) is 0 Å². The molecule has 0 bridgehead atoms. The largest absolute Gasteiger partial charge is 0.380 e. The predicted molar refractivity (Wildman–Crippen MR) is 53.8 cm³/mol. The van der Waals surface area contributed by atoms with E-state index in [-0.39, 0.29) is 12.1 Å². The molecule has 86 valence electrons. The van der Waals surface area contributed by atoms with Crippen molar-refractivity contribution < 1.29 is 13.5 Å². The Balaban J connectivity index is 4.19. The van der Waals surface area contributed by atoms with E-state index in [4.69, 9.17) is 4.74 Å². The molecule has 4 heteroatoms. The van der Waals surface area contributed by atoms with Gasteiger partial charge in [0, 0.05) is 12.1 Å². The van der Waals surface area contributed by atoms with Crippen LogP contribution in [-0.2, 0) is 4.74 Å². The van der Waals surface area contributed by atoms with Gasteiger partial charge in [0.1, 0.15) is 0 Å². The van der Waals surface area contributed by atoms with Crippen LogP contribution in [0.2, 0.25) is 0 Å². The van der Waals surface area contributed by atoms with E-state index >= 15 is 0 Å². The first-order valence-electron chi connectivity index (χ1n) is 5.03. The van der Waals surface area contributed by atoms with Crippen molar-refractivity contribution in [1.82, 2.24) is 4.90 Å². The number of nitrogens with zero attached hydrogens (tertiary/aromatic N) is 1. The minimum absolute atomic E-state index is 0.197. The highest BCUT2D eigenvalue weighted by Crippen LogP contribution is 2.19. The Morgan fingerprint density at radius 3 is 2.29 bits per heavy atom. The van der Waals surface area contributed by atoms with E-state index in [1.54, 1.807) is 11.9 Å². The van der Waals surface area contributed by atoms with Crippen molar-refractivity contribution >= 4 is 0 Å². The van der Waals surface area contributed by atoms with Crippen LogP contribution in [0.4, 0.5) is 8.78 Å². The van der Waals surface area contributed by atoms with E-state index < -0.39 is 6.43 Å². The van der Waals surface area contributed by atoms with Gasteiger partial charge in [-0.25, -0.2) is 8.78 Å². The minimum atomic E-state index is -2.28. The molecule has 2 nitrogen and oxygen atoms in total. The second kappa shape index (κ2) is 6.30. The lowest BCUT2D eigenvalue weighted by Crippen LogP contribution is -2.49. The lowest BCUT2D eigenvalue weighted by molar-refractivity contribution is -0.0120. The maximum Gasteiger partial charge on any atom is 0.251 e. The molecule has 0 aromatic heterocycles. The minimum Gasteiger partial charge on any atom is -0.380 e. The summed E-state index contributed by atoms with van der Waals surface area (Å²) in [5.41, 5.74) is -0.285. The lowest BCUT2D eigenvalue weighted by atomic mass is 9.98. The zero-order valence-electron chi connectivity index (χ0n) is 9.52. The highest BCUT2D eigenvalue weighted by Gasteiger charge is 2.29. The Morgan fingerprint density at radius 2 is 1.93 bits per heavy atom. The van der Waals surface area contributed by atoms with E-state index in [9.17, 15) is 8.78 Å². The third kappa shape index (κ3) is 4.33. The summed E-state index contributed by atoms with van der Waals surface area (Å²) in [6, 6.07) is 0. The summed E-state index contributed by atoms with van der Waals surface area (Å²) in [5, 5.41) is 0. The zero-order valence-corrected chi connectivity index (χ0v) is 9.52. The molecule has 0 N–H and O–H groups in total. The summed E-state index contributed by atoms with van der Waals surface area (Å²) in [4.78, 5) is 1.67. The zero-order chi connectivity index (χ0) is 11.2. The molecule has 0 heterocycles. The number of ether oxygens (including phenoxy) is 1. The van der Waals surface area contributed by atoms with Crippen LogP contribution < -0.4 is 0 Å². The number of halogens is 2. The third-order valence-electron chi connectivity index (χ3n) is 2.71. The van der Waals surface area contributed by atoms with Gasteiger partial charge in [-0.15, -0.1) is 0 Å². The summed E-state index contributed by atoms with van der Waals surface area (Å²) < 4.78 is 29.7.